The molecule has 0 saturated carbocycles. The lowest BCUT2D eigenvalue weighted by Gasteiger charge is -2.20. The summed E-state index contributed by atoms with van der Waals surface area (Å²) in [5.41, 5.74) is 0.358. The first-order valence-corrected chi connectivity index (χ1v) is 6.97. The Morgan fingerprint density at radius 1 is 1.29 bits per heavy atom. The van der Waals surface area contributed by atoms with Crippen molar-refractivity contribution >= 4 is 17.3 Å². The number of rotatable bonds is 3. The fraction of sp³-hybridized carbons (Fsp3) is 0.500. The number of anilines is 1. The summed E-state index contributed by atoms with van der Waals surface area (Å²) in [5.74, 6) is -0.269. The molecule has 1 aromatic rings. The van der Waals surface area contributed by atoms with Crippen molar-refractivity contribution in [2.75, 3.05) is 45.6 Å². The van der Waals surface area contributed by atoms with Gasteiger partial charge in [-0.05, 0) is 32.1 Å². The van der Waals surface area contributed by atoms with Crippen LogP contribution in [0, 0.1) is 10.1 Å². The molecule has 1 aromatic carbocycles. The molecular formula is C14H20N4O3. The van der Waals surface area contributed by atoms with Gasteiger partial charge in [0.25, 0.3) is 5.91 Å². The van der Waals surface area contributed by atoms with Crippen LogP contribution >= 0.6 is 0 Å². The molecule has 1 aliphatic rings. The zero-order chi connectivity index (χ0) is 15.4. The number of likely N-dealkylation sites (N-methyl/N-ethyl adjacent to an activating group) is 1. The number of amides is 1. The van der Waals surface area contributed by atoms with E-state index < -0.39 is 4.92 Å². The molecule has 1 aliphatic heterocycles. The van der Waals surface area contributed by atoms with Crippen molar-refractivity contribution in [2.45, 2.75) is 6.42 Å². The number of nitro groups is 1. The second-order valence-electron chi connectivity index (χ2n) is 5.16. The number of carbonyl (C=O) groups is 1. The molecule has 1 saturated heterocycles. The molecule has 1 fully saturated rings. The molecule has 0 spiro atoms. The Kier molecular flexibility index (Phi) is 4.74. The Balaban J connectivity index is 2.32. The Labute approximate surface area is 123 Å². The first-order valence-electron chi connectivity index (χ1n) is 6.97. The smallest absolute Gasteiger partial charge is 0.305 e. The van der Waals surface area contributed by atoms with Crippen molar-refractivity contribution in [2.24, 2.45) is 0 Å². The summed E-state index contributed by atoms with van der Waals surface area (Å²) in [6.45, 7) is 2.94. The summed E-state index contributed by atoms with van der Waals surface area (Å²) >= 11 is 0. The number of nitrogens with one attached hydrogen (secondary N) is 1. The zero-order valence-electron chi connectivity index (χ0n) is 12.3. The molecule has 7 heteroatoms. The number of benzene rings is 1. The van der Waals surface area contributed by atoms with Gasteiger partial charge in [0.05, 0.1) is 4.92 Å². The topological polar surface area (TPSA) is 78.7 Å². The van der Waals surface area contributed by atoms with Gasteiger partial charge in [-0.15, -0.1) is 0 Å². The minimum atomic E-state index is -0.497. The minimum absolute atomic E-state index is 0.149. The van der Waals surface area contributed by atoms with Gasteiger partial charge in [0.2, 0.25) is 0 Å². The molecular weight excluding hydrogens is 272 g/mol. The van der Waals surface area contributed by atoms with E-state index in [2.05, 4.69) is 10.2 Å². The van der Waals surface area contributed by atoms with Crippen molar-refractivity contribution in [1.29, 1.82) is 0 Å². The van der Waals surface area contributed by atoms with Gasteiger partial charge in [-0.1, -0.05) is 6.07 Å². The quantitative estimate of drug-likeness (QED) is 0.673. The van der Waals surface area contributed by atoms with E-state index in [1.165, 1.54) is 6.07 Å². The van der Waals surface area contributed by atoms with E-state index in [9.17, 15) is 14.9 Å². The van der Waals surface area contributed by atoms with Crippen LogP contribution in [-0.4, -0.2) is 60.9 Å². The Bertz CT molecular complexity index is 547. The molecule has 1 N–H and O–H groups in total. The lowest BCUT2D eigenvalue weighted by Crippen LogP contribution is -2.34. The summed E-state index contributed by atoms with van der Waals surface area (Å²) in [4.78, 5) is 27.3. The third-order valence-electron chi connectivity index (χ3n) is 3.73. The molecule has 0 bridgehead atoms. The van der Waals surface area contributed by atoms with Crippen LogP contribution in [0.3, 0.4) is 0 Å². The van der Waals surface area contributed by atoms with Gasteiger partial charge in [0.1, 0.15) is 11.3 Å². The minimum Gasteiger partial charge on any atom is -0.383 e. The van der Waals surface area contributed by atoms with E-state index in [0.717, 1.165) is 19.5 Å². The molecule has 0 radical (unpaired) electrons. The highest BCUT2D eigenvalue weighted by molar-refractivity contribution is 6.00. The highest BCUT2D eigenvalue weighted by Crippen LogP contribution is 2.29. The fourth-order valence-corrected chi connectivity index (χ4v) is 2.53. The monoisotopic (exact) mass is 292 g/mol. The van der Waals surface area contributed by atoms with Crippen molar-refractivity contribution in [3.05, 3.63) is 33.9 Å². The lowest BCUT2D eigenvalue weighted by molar-refractivity contribution is -0.384. The summed E-state index contributed by atoms with van der Waals surface area (Å²) < 4.78 is 0. The molecule has 1 amide bonds. The van der Waals surface area contributed by atoms with Crippen LogP contribution in [0.25, 0.3) is 0 Å². The Morgan fingerprint density at radius 3 is 2.71 bits per heavy atom. The van der Waals surface area contributed by atoms with E-state index in [0.29, 0.717) is 18.8 Å². The number of nitro benzene ring substituents is 1. The van der Waals surface area contributed by atoms with Crippen LogP contribution in [0.2, 0.25) is 0 Å². The Hall–Kier alpha value is -2.15. The van der Waals surface area contributed by atoms with Crippen LogP contribution in [0.1, 0.15) is 16.8 Å². The van der Waals surface area contributed by atoms with Crippen LogP contribution < -0.4 is 5.32 Å². The van der Waals surface area contributed by atoms with Crippen molar-refractivity contribution < 1.29 is 9.72 Å². The second kappa shape index (κ2) is 6.53. The maximum atomic E-state index is 12.6. The maximum absolute atomic E-state index is 12.6. The molecule has 1 heterocycles. The van der Waals surface area contributed by atoms with Crippen molar-refractivity contribution in [1.82, 2.24) is 9.80 Å². The average Bonchev–Trinajstić information content (AvgIpc) is 2.70. The largest absolute Gasteiger partial charge is 0.383 e. The second-order valence-corrected chi connectivity index (χ2v) is 5.16. The number of carbonyl (C=O) groups excluding carboxylic acids is 1. The summed E-state index contributed by atoms with van der Waals surface area (Å²) in [5, 5.41) is 14.1. The molecule has 7 nitrogen and oxygen atoms in total. The normalized spacial score (nSPS) is 16.4. The van der Waals surface area contributed by atoms with Crippen LogP contribution in [0.5, 0.6) is 0 Å². The Morgan fingerprint density at radius 2 is 2.05 bits per heavy atom. The molecule has 0 unspecified atom stereocenters. The lowest BCUT2D eigenvalue weighted by atomic mass is 10.1. The highest BCUT2D eigenvalue weighted by atomic mass is 16.6. The first-order chi connectivity index (χ1) is 10.0. The fourth-order valence-electron chi connectivity index (χ4n) is 2.53. The van der Waals surface area contributed by atoms with Gasteiger partial charge >= 0.3 is 5.69 Å². The average molecular weight is 292 g/mol. The molecule has 0 aliphatic carbocycles. The predicted molar refractivity (Wildman–Crippen MR) is 80.7 cm³/mol. The summed E-state index contributed by atoms with van der Waals surface area (Å²) in [7, 11) is 3.62. The maximum Gasteiger partial charge on any atom is 0.305 e. The van der Waals surface area contributed by atoms with E-state index in [1.807, 2.05) is 7.05 Å². The van der Waals surface area contributed by atoms with Gasteiger partial charge < -0.3 is 15.1 Å². The molecule has 0 atom stereocenters. The SMILES string of the molecule is CNc1cccc(C(=O)N2CCCN(C)CC2)c1[N+](=O)[O-]. The molecule has 21 heavy (non-hydrogen) atoms. The van der Waals surface area contributed by atoms with Crippen molar-refractivity contribution in [3.8, 4) is 0 Å². The van der Waals surface area contributed by atoms with Gasteiger partial charge in [-0.3, -0.25) is 14.9 Å². The van der Waals surface area contributed by atoms with E-state index in [1.54, 1.807) is 24.1 Å². The van der Waals surface area contributed by atoms with Gasteiger partial charge in [0, 0.05) is 26.7 Å². The number of nitrogens with zero attached hydrogens (tertiary/aromatic N) is 3. The standard InChI is InChI=1S/C14H20N4O3/c1-15-12-6-3-5-11(13(12)18(20)21)14(19)17-8-4-7-16(2)9-10-17/h3,5-6,15H,4,7-10H2,1-2H3. The molecule has 0 aromatic heterocycles. The zero-order valence-corrected chi connectivity index (χ0v) is 12.3. The number of para-hydroxylation sites is 1. The van der Waals surface area contributed by atoms with E-state index in [4.69, 9.17) is 0 Å². The van der Waals surface area contributed by atoms with Crippen molar-refractivity contribution in [3.63, 3.8) is 0 Å². The van der Waals surface area contributed by atoms with Gasteiger partial charge in [0.15, 0.2) is 0 Å². The van der Waals surface area contributed by atoms with E-state index >= 15 is 0 Å². The van der Waals surface area contributed by atoms with E-state index in [-0.39, 0.29) is 17.2 Å². The van der Waals surface area contributed by atoms with Crippen LogP contribution in [0.15, 0.2) is 18.2 Å². The number of hydrogen-bond donors (Lipinski definition) is 1. The molecule has 114 valence electrons. The summed E-state index contributed by atoms with van der Waals surface area (Å²) in [6.07, 6.45) is 0.877. The van der Waals surface area contributed by atoms with Gasteiger partial charge in [-0.25, -0.2) is 0 Å². The van der Waals surface area contributed by atoms with Crippen LogP contribution in [-0.2, 0) is 0 Å². The van der Waals surface area contributed by atoms with Gasteiger partial charge in [-0.2, -0.15) is 0 Å². The van der Waals surface area contributed by atoms with Crippen LogP contribution in [0.4, 0.5) is 11.4 Å². The number of hydrogen-bond acceptors (Lipinski definition) is 5. The first kappa shape index (κ1) is 15.2. The third kappa shape index (κ3) is 3.30. The molecule has 2 rings (SSSR count). The third-order valence-corrected chi connectivity index (χ3v) is 3.73. The predicted octanol–water partition coefficient (Wildman–Crippen LogP) is 1.41. The summed E-state index contributed by atoms with van der Waals surface area (Å²) in [6, 6.07) is 4.79. The highest BCUT2D eigenvalue weighted by Gasteiger charge is 2.28.